The summed E-state index contributed by atoms with van der Waals surface area (Å²) in [5, 5.41) is 21.5. The fraction of sp³-hybridized carbons (Fsp3) is 0.902. The minimum atomic E-state index is -1.96. The summed E-state index contributed by atoms with van der Waals surface area (Å²) >= 11 is 4.92. The van der Waals surface area contributed by atoms with Crippen LogP contribution in [0.4, 0.5) is 15.3 Å². The number of halogens is 1. The van der Waals surface area contributed by atoms with E-state index in [9.17, 15) is 24.8 Å². The maximum absolute atomic E-state index is 12.0. The molecule has 1 aromatic rings. The Morgan fingerprint density at radius 1 is 0.592 bits per heavy atom. The largest absolute Gasteiger partial charge is 0.443 e. The van der Waals surface area contributed by atoms with E-state index in [1.54, 1.807) is 0 Å². The lowest BCUT2D eigenvalue weighted by Crippen LogP contribution is -2.60. The fourth-order valence-corrected chi connectivity index (χ4v) is 34.2. The minimum absolute atomic E-state index is 0.0402. The summed E-state index contributed by atoms with van der Waals surface area (Å²) in [6.45, 7) is 54.2. The van der Waals surface area contributed by atoms with Crippen molar-refractivity contribution in [1.82, 2.24) is 0 Å². The second-order valence-corrected chi connectivity index (χ2v) is 48.3. The van der Waals surface area contributed by atoms with Gasteiger partial charge in [-0.3, -0.25) is 10.1 Å². The van der Waals surface area contributed by atoms with Crippen molar-refractivity contribution in [3.05, 3.63) is 34.4 Å². The predicted molar refractivity (Wildman–Crippen MR) is 398 cm³/mol. The Bertz CT molecular complexity index is 3050. The summed E-state index contributed by atoms with van der Waals surface area (Å²) in [5.74, 6) is 7.39. The third kappa shape index (κ3) is 11.3. The molecule has 556 valence electrons. The number of rotatable bonds is 17. The number of carbonyl (C=O) groups is 2. The van der Waals surface area contributed by atoms with Crippen LogP contribution in [-0.4, -0.2) is 87.0 Å². The molecule has 0 radical (unpaired) electrons. The smallest absolute Gasteiger partial charge is 0.409 e. The van der Waals surface area contributed by atoms with Crippen LogP contribution in [0.15, 0.2) is 24.3 Å². The highest BCUT2D eigenvalue weighted by atomic mass is 35.5. The molecule has 1 amide bonds. The lowest BCUT2D eigenvalue weighted by atomic mass is 9.41. The molecule has 98 heavy (non-hydrogen) atoms. The third-order valence-electron chi connectivity index (χ3n) is 34.9. The molecule has 10 saturated carbocycles. The lowest BCUT2D eigenvalue weighted by Gasteiger charge is -2.64. The van der Waals surface area contributed by atoms with Crippen molar-refractivity contribution in [3.63, 3.8) is 0 Å². The van der Waals surface area contributed by atoms with Crippen LogP contribution in [-0.2, 0) is 23.1 Å². The number of aliphatic hydroxyl groups is 1. The molecule has 2 saturated heterocycles. The van der Waals surface area contributed by atoms with Gasteiger partial charge in [-0.15, -0.1) is 0 Å². The first kappa shape index (κ1) is 77.0. The SMILES string of the molecule is CC[Si](CC)(CC)O[C@H]1[C@H]2O[C@@H]([C@H](O)C(C)C)C[C@@H](C)[C@@H]2[C@@]2(C)CC[C@@]34C[C@@]35CC[C@H](C)C(C)(C)[C@@H]5CC[C@H]4[C@]12C.CC[Si](CC)(CC)O[C@H]1[C@H]2O[C@@H]([C@H](OC(N)=O)C(C)C)C[C@@H](C)[C@@H]2[C@@]2(C)CC[C@@]34C[C@@]35CC[C@H](C)C(C)(C)[C@@H]5CC[C@H]4[C@]12C.O=C(Cl)Oc1ccc([N+](=O)[O-])cc1. The van der Waals surface area contributed by atoms with Gasteiger partial charge in [-0.2, -0.15) is 0 Å². The van der Waals surface area contributed by atoms with Crippen LogP contribution in [0.2, 0.25) is 36.3 Å². The first-order valence-corrected chi connectivity index (χ1v) is 45.6. The van der Waals surface area contributed by atoms with E-state index in [-0.39, 0.29) is 87.7 Å². The molecule has 0 aromatic heterocycles. The van der Waals surface area contributed by atoms with E-state index in [1.807, 2.05) is 0 Å². The van der Waals surface area contributed by atoms with E-state index in [0.29, 0.717) is 62.1 Å². The second-order valence-electron chi connectivity index (χ2n) is 38.6. The Labute approximate surface area is 600 Å². The Morgan fingerprint density at radius 3 is 1.33 bits per heavy atom. The summed E-state index contributed by atoms with van der Waals surface area (Å²) in [5.41, 5.74) is 8.17. The van der Waals surface area contributed by atoms with Gasteiger partial charge in [-0.1, -0.05) is 152 Å². The number of hydrogen-bond acceptors (Lipinski definition) is 11. The number of nitrogens with zero attached hydrogens (tertiary/aromatic N) is 1. The zero-order valence-corrected chi connectivity index (χ0v) is 68.1. The molecule has 13 rings (SSSR count). The third-order valence-corrected chi connectivity index (χ3v) is 44.2. The van der Waals surface area contributed by atoms with Crippen LogP contribution in [0, 0.1) is 135 Å². The molecule has 12 fully saturated rings. The monoisotopic (exact) mass is 1420 g/mol. The van der Waals surface area contributed by atoms with Gasteiger partial charge in [0.05, 0.1) is 47.7 Å². The molecule has 0 unspecified atom stereocenters. The average molecular weight is 1420 g/mol. The number of nitro benzene ring substituents is 1. The number of nitrogens with two attached hydrogens (primary N) is 1. The summed E-state index contributed by atoms with van der Waals surface area (Å²) in [7, 11) is -3.84. The lowest BCUT2D eigenvalue weighted by molar-refractivity contribution is -0.384. The van der Waals surface area contributed by atoms with Crippen LogP contribution in [0.1, 0.15) is 255 Å². The van der Waals surface area contributed by atoms with Crippen LogP contribution in [0.3, 0.4) is 0 Å². The minimum Gasteiger partial charge on any atom is -0.443 e. The highest BCUT2D eigenvalue weighted by Gasteiger charge is 2.87. The number of amides is 1. The molecular formula is C82H137ClN2O11Si2. The van der Waals surface area contributed by atoms with Crippen LogP contribution in [0.25, 0.3) is 0 Å². The first-order chi connectivity index (χ1) is 45.8. The number of primary amides is 1. The maximum Gasteiger partial charge on any atom is 0.409 e. The quantitative estimate of drug-likeness (QED) is 0.0656. The molecule has 13 nitrogen and oxygen atoms in total. The van der Waals surface area contributed by atoms with Gasteiger partial charge in [0.15, 0.2) is 16.6 Å². The van der Waals surface area contributed by atoms with Crippen LogP contribution >= 0.6 is 11.6 Å². The number of aliphatic hydroxyl groups excluding tert-OH is 1. The second kappa shape index (κ2) is 26.7. The van der Waals surface area contributed by atoms with E-state index in [4.69, 9.17) is 40.4 Å². The first-order valence-electron chi connectivity index (χ1n) is 40.2. The number of benzene rings is 1. The summed E-state index contributed by atoms with van der Waals surface area (Å²) < 4.78 is 40.5. The predicted octanol–water partition coefficient (Wildman–Crippen LogP) is 21.4. The highest BCUT2D eigenvalue weighted by Crippen LogP contribution is 2.92. The van der Waals surface area contributed by atoms with E-state index in [2.05, 4.69) is 157 Å². The number of nitro groups is 1. The molecule has 16 heteroatoms. The van der Waals surface area contributed by atoms with Crippen molar-refractivity contribution >= 4 is 45.4 Å². The molecule has 2 heterocycles. The number of ether oxygens (including phenoxy) is 4. The normalized spacial score (nSPS) is 45.5. The molecule has 3 N–H and O–H groups in total. The molecule has 4 spiro atoms. The van der Waals surface area contributed by atoms with E-state index in [1.165, 1.54) is 132 Å². The standard InChI is InChI=1S/C38H67NO4Si.C37H66O3Si.C7H4ClNO4/c1-12-44(13-2,14-3)43-32-31-29(24(6)21-26(41-31)30(23(4)5)42-33(39)40)35(10)19-20-38-22-37(38)18-17-25(7)34(8,9)27(37)15-16-28(38)36(32,35)11;1-12-41(13-2,14-3)40-32-31-29(24(6)21-26(39-31)30(38)23(4)5)34(10)19-20-37-22-36(37)18-17-25(7)33(8,9)27(36)15-16-28(37)35(32,34)11;8-7(10)13-6-3-1-5(2-4-6)9(11)12/h23-32H,12-22H2,1-11H3,(H2,39,40);23-32,38H,12-22H2,1-11H3;1-4H/t24-,25+,26-,27+,28+,29+,30-,31+,32+,35-,36-,37-,38+;24-,25+,26-,27+,28+,29+,30-,31+,32+,34-,35-,36-,37+;/m11./s1. The van der Waals surface area contributed by atoms with Gasteiger partial charge in [0.25, 0.3) is 5.69 Å². The average Bonchev–Trinajstić information content (AvgIpc) is 1.46. The summed E-state index contributed by atoms with van der Waals surface area (Å²) in [6.07, 6.45) is 20.4. The van der Waals surface area contributed by atoms with Gasteiger partial charge in [0, 0.05) is 34.6 Å². The highest BCUT2D eigenvalue weighted by molar-refractivity contribution is 6.74. The van der Waals surface area contributed by atoms with Crippen molar-refractivity contribution in [2.45, 2.75) is 340 Å². The Kier molecular flexibility index (Phi) is 21.0. The van der Waals surface area contributed by atoms with E-state index in [0.717, 1.165) is 60.6 Å². The number of carbonyl (C=O) groups excluding carboxylic acids is 2. The number of fused-ring (bicyclic) bond motifs is 8. The van der Waals surface area contributed by atoms with Gasteiger partial charge >= 0.3 is 11.5 Å². The summed E-state index contributed by atoms with van der Waals surface area (Å²) in [4.78, 5) is 31.9. The van der Waals surface area contributed by atoms with Crippen molar-refractivity contribution in [2.24, 2.45) is 131 Å². The molecule has 26 atom stereocenters. The van der Waals surface area contributed by atoms with Gasteiger partial charge in [-0.25, -0.2) is 9.59 Å². The van der Waals surface area contributed by atoms with Crippen molar-refractivity contribution in [2.75, 3.05) is 0 Å². The van der Waals surface area contributed by atoms with Crippen molar-refractivity contribution in [1.29, 1.82) is 0 Å². The van der Waals surface area contributed by atoms with Crippen LogP contribution < -0.4 is 10.5 Å². The fourth-order valence-electron chi connectivity index (χ4n) is 28.3. The number of non-ortho nitro benzene ring substituents is 1. The maximum atomic E-state index is 12.0. The number of hydrogen-bond donors (Lipinski definition) is 2. The van der Waals surface area contributed by atoms with Gasteiger partial charge < -0.3 is 38.6 Å². The molecule has 10 aliphatic carbocycles. The van der Waals surface area contributed by atoms with Gasteiger partial charge in [-0.05, 0) is 265 Å². The Hall–Kier alpha value is -2.12. The zero-order chi connectivity index (χ0) is 72.1. The van der Waals surface area contributed by atoms with Gasteiger partial charge in [0.2, 0.25) is 0 Å². The van der Waals surface area contributed by atoms with Crippen molar-refractivity contribution in [3.8, 4) is 5.75 Å². The Morgan fingerprint density at radius 2 is 0.969 bits per heavy atom. The molecule has 1 aromatic carbocycles. The van der Waals surface area contributed by atoms with E-state index < -0.39 is 39.2 Å². The van der Waals surface area contributed by atoms with Crippen LogP contribution in [0.5, 0.6) is 5.75 Å². The molecular weight excluding hydrogens is 1280 g/mol. The summed E-state index contributed by atoms with van der Waals surface area (Å²) in [6, 6.07) is 12.1. The van der Waals surface area contributed by atoms with Gasteiger partial charge in [0.1, 0.15) is 11.9 Å². The molecule has 0 bridgehead atoms. The topological polar surface area (TPSA) is 179 Å². The molecule has 12 aliphatic rings. The molecule has 2 aliphatic heterocycles. The zero-order valence-electron chi connectivity index (χ0n) is 65.3. The van der Waals surface area contributed by atoms with E-state index >= 15 is 0 Å². The van der Waals surface area contributed by atoms with Crippen molar-refractivity contribution < 1.29 is 47.4 Å². The Balaban J connectivity index is 0.000000168.